The molecule has 5 rings (SSSR count). The summed E-state index contributed by atoms with van der Waals surface area (Å²) in [6.45, 7) is 5.73. The molecule has 1 N–H and O–H groups in total. The minimum atomic E-state index is -1.04. The van der Waals surface area contributed by atoms with Crippen molar-refractivity contribution in [1.82, 2.24) is 20.2 Å². The molecule has 2 aliphatic carbocycles. The SMILES string of the molecule is C[C@@H]1C[C@@H](F)c2ncnc(N3CCN(C(=O)[C@H](CNCC4CC4)c4ccc(Br)c(F)c4)CC3)c21. The second kappa shape index (κ2) is 9.85. The fraction of sp³-hybridized carbons (Fsp3) is 0.560. The first-order valence-corrected chi connectivity index (χ1v) is 12.9. The van der Waals surface area contributed by atoms with E-state index >= 15 is 0 Å². The molecule has 1 saturated heterocycles. The number of alkyl halides is 1. The lowest BCUT2D eigenvalue weighted by molar-refractivity contribution is -0.133. The number of halogens is 3. The monoisotopic (exact) mass is 533 g/mol. The van der Waals surface area contributed by atoms with Crippen molar-refractivity contribution in [2.45, 2.75) is 44.2 Å². The van der Waals surface area contributed by atoms with Gasteiger partial charge in [-0.15, -0.1) is 0 Å². The molecular formula is C25H30BrF2N5O. The summed E-state index contributed by atoms with van der Waals surface area (Å²) < 4.78 is 29.0. The van der Waals surface area contributed by atoms with Crippen LogP contribution in [0.4, 0.5) is 14.6 Å². The Labute approximate surface area is 207 Å². The Morgan fingerprint density at radius 1 is 1.24 bits per heavy atom. The molecule has 2 fully saturated rings. The third-order valence-electron chi connectivity index (χ3n) is 7.26. The maximum Gasteiger partial charge on any atom is 0.231 e. The summed E-state index contributed by atoms with van der Waals surface area (Å²) in [7, 11) is 0. The van der Waals surface area contributed by atoms with Crippen LogP contribution in [0.1, 0.15) is 61.0 Å². The number of nitrogens with zero attached hydrogens (tertiary/aromatic N) is 4. The highest BCUT2D eigenvalue weighted by Gasteiger charge is 2.36. The topological polar surface area (TPSA) is 61.4 Å². The van der Waals surface area contributed by atoms with Crippen molar-refractivity contribution in [2.75, 3.05) is 44.2 Å². The smallest absolute Gasteiger partial charge is 0.231 e. The van der Waals surface area contributed by atoms with Gasteiger partial charge < -0.3 is 15.1 Å². The molecule has 1 amide bonds. The number of carbonyl (C=O) groups excluding carboxylic acids is 1. The molecule has 182 valence electrons. The predicted octanol–water partition coefficient (Wildman–Crippen LogP) is 4.33. The summed E-state index contributed by atoms with van der Waals surface area (Å²) in [4.78, 5) is 26.2. The van der Waals surface area contributed by atoms with Gasteiger partial charge in [0.05, 0.1) is 16.1 Å². The van der Waals surface area contributed by atoms with Crippen molar-refractivity contribution in [1.29, 1.82) is 0 Å². The number of aromatic nitrogens is 2. The van der Waals surface area contributed by atoms with E-state index in [9.17, 15) is 13.6 Å². The Morgan fingerprint density at radius 3 is 2.71 bits per heavy atom. The highest BCUT2D eigenvalue weighted by atomic mass is 79.9. The van der Waals surface area contributed by atoms with Crippen LogP contribution in [0.5, 0.6) is 0 Å². The molecule has 9 heteroatoms. The number of fused-ring (bicyclic) bond motifs is 1. The van der Waals surface area contributed by atoms with Crippen molar-refractivity contribution in [3.63, 3.8) is 0 Å². The molecule has 1 aromatic heterocycles. The van der Waals surface area contributed by atoms with Crippen LogP contribution in [-0.2, 0) is 4.79 Å². The van der Waals surface area contributed by atoms with E-state index in [1.165, 1.54) is 25.2 Å². The van der Waals surface area contributed by atoms with Gasteiger partial charge in [0.1, 0.15) is 24.1 Å². The standard InChI is InChI=1S/C25H30BrF2N5O/c1-15-10-21(28)23-22(15)24(31-14-30-23)32-6-8-33(9-7-32)25(34)18(13-29-12-16-2-3-16)17-4-5-19(26)20(27)11-17/h4-5,11,14-16,18,21,29H,2-3,6-10,12-13H2,1H3/t15-,18-,21-/m1/s1. The van der Waals surface area contributed by atoms with Gasteiger partial charge in [-0.1, -0.05) is 13.0 Å². The number of hydrogen-bond donors (Lipinski definition) is 1. The van der Waals surface area contributed by atoms with Gasteiger partial charge in [-0.2, -0.15) is 0 Å². The van der Waals surface area contributed by atoms with E-state index in [2.05, 4.69) is 36.1 Å². The first-order chi connectivity index (χ1) is 16.4. The lowest BCUT2D eigenvalue weighted by Crippen LogP contribution is -2.51. The van der Waals surface area contributed by atoms with Gasteiger partial charge in [0.25, 0.3) is 0 Å². The van der Waals surface area contributed by atoms with E-state index in [1.54, 1.807) is 6.07 Å². The third-order valence-corrected chi connectivity index (χ3v) is 7.90. The number of amides is 1. The summed E-state index contributed by atoms with van der Waals surface area (Å²) >= 11 is 3.20. The average molecular weight is 534 g/mol. The summed E-state index contributed by atoms with van der Waals surface area (Å²) in [5.41, 5.74) is 2.10. The van der Waals surface area contributed by atoms with Crippen LogP contribution in [0.25, 0.3) is 0 Å². The van der Waals surface area contributed by atoms with Gasteiger partial charge in [-0.05, 0) is 71.3 Å². The quantitative estimate of drug-likeness (QED) is 0.574. The first-order valence-electron chi connectivity index (χ1n) is 12.1. The maximum atomic E-state index is 14.3. The molecule has 3 aliphatic rings. The molecule has 1 aliphatic heterocycles. The van der Waals surface area contributed by atoms with Crippen LogP contribution in [0.2, 0.25) is 0 Å². The molecule has 1 saturated carbocycles. The van der Waals surface area contributed by atoms with Crippen LogP contribution in [-0.4, -0.2) is 60.0 Å². The molecule has 0 bridgehead atoms. The molecule has 2 aromatic rings. The lowest BCUT2D eigenvalue weighted by Gasteiger charge is -2.38. The van der Waals surface area contributed by atoms with Crippen LogP contribution in [0.3, 0.4) is 0 Å². The first kappa shape index (κ1) is 23.6. The largest absolute Gasteiger partial charge is 0.353 e. The second-order valence-corrected chi connectivity index (χ2v) is 10.6. The second-order valence-electron chi connectivity index (χ2n) is 9.74. The Balaban J connectivity index is 1.28. The Morgan fingerprint density at radius 2 is 2.00 bits per heavy atom. The van der Waals surface area contributed by atoms with E-state index in [4.69, 9.17) is 0 Å². The van der Waals surface area contributed by atoms with Gasteiger partial charge in [0.2, 0.25) is 5.91 Å². The van der Waals surface area contributed by atoms with Crippen molar-refractivity contribution >= 4 is 27.7 Å². The average Bonchev–Trinajstić information content (AvgIpc) is 3.62. The molecule has 0 radical (unpaired) electrons. The number of hydrogen-bond acceptors (Lipinski definition) is 5. The highest BCUT2D eigenvalue weighted by molar-refractivity contribution is 9.10. The molecule has 1 aromatic carbocycles. The van der Waals surface area contributed by atoms with Crippen LogP contribution >= 0.6 is 15.9 Å². The molecular weight excluding hydrogens is 504 g/mol. The van der Waals surface area contributed by atoms with Gasteiger partial charge in [0.15, 0.2) is 0 Å². The number of anilines is 1. The van der Waals surface area contributed by atoms with Crippen molar-refractivity contribution < 1.29 is 13.6 Å². The van der Waals surface area contributed by atoms with E-state index in [-0.39, 0.29) is 17.6 Å². The summed E-state index contributed by atoms with van der Waals surface area (Å²) in [6, 6.07) is 4.95. The van der Waals surface area contributed by atoms with Crippen molar-refractivity contribution in [3.05, 3.63) is 51.6 Å². The molecule has 2 heterocycles. The van der Waals surface area contributed by atoms with Gasteiger partial charge in [0, 0.05) is 38.3 Å². The minimum absolute atomic E-state index is 0.00905. The third kappa shape index (κ3) is 4.82. The number of benzene rings is 1. The van der Waals surface area contributed by atoms with E-state index in [1.807, 2.05) is 17.9 Å². The van der Waals surface area contributed by atoms with Crippen molar-refractivity contribution in [2.24, 2.45) is 5.92 Å². The summed E-state index contributed by atoms with van der Waals surface area (Å²) in [5.74, 6) is 0.776. The van der Waals surface area contributed by atoms with Gasteiger partial charge in [-0.3, -0.25) is 4.79 Å². The number of nitrogens with one attached hydrogen (secondary N) is 1. The Bertz CT molecular complexity index is 1060. The molecule has 0 unspecified atom stereocenters. The van der Waals surface area contributed by atoms with E-state index in [0.717, 1.165) is 17.9 Å². The zero-order chi connectivity index (χ0) is 23.8. The Kier molecular flexibility index (Phi) is 6.84. The zero-order valence-electron chi connectivity index (χ0n) is 19.3. The number of carbonyl (C=O) groups is 1. The number of piperazine rings is 1. The molecule has 6 nitrogen and oxygen atoms in total. The minimum Gasteiger partial charge on any atom is -0.353 e. The van der Waals surface area contributed by atoms with Crippen molar-refractivity contribution in [3.8, 4) is 0 Å². The fourth-order valence-corrected chi connectivity index (χ4v) is 5.35. The molecule has 34 heavy (non-hydrogen) atoms. The summed E-state index contributed by atoms with van der Waals surface area (Å²) in [6.07, 6.45) is 3.31. The number of rotatable bonds is 7. The Hall–Kier alpha value is -2.13. The molecule has 0 spiro atoms. The maximum absolute atomic E-state index is 14.3. The van der Waals surface area contributed by atoms with Crippen LogP contribution < -0.4 is 10.2 Å². The zero-order valence-corrected chi connectivity index (χ0v) is 20.9. The predicted molar refractivity (Wildman–Crippen MR) is 130 cm³/mol. The van der Waals surface area contributed by atoms with Crippen LogP contribution in [0.15, 0.2) is 29.0 Å². The van der Waals surface area contributed by atoms with Crippen LogP contribution in [0, 0.1) is 11.7 Å². The summed E-state index contributed by atoms with van der Waals surface area (Å²) in [5, 5.41) is 3.43. The van der Waals surface area contributed by atoms with E-state index in [0.29, 0.717) is 60.8 Å². The molecule has 3 atom stereocenters. The fourth-order valence-electron chi connectivity index (χ4n) is 5.10. The lowest BCUT2D eigenvalue weighted by atomic mass is 9.96. The highest BCUT2D eigenvalue weighted by Crippen LogP contribution is 2.44. The van der Waals surface area contributed by atoms with Gasteiger partial charge >= 0.3 is 0 Å². The normalized spacial score (nSPS) is 23.2. The van der Waals surface area contributed by atoms with Gasteiger partial charge in [-0.25, -0.2) is 18.7 Å². The van der Waals surface area contributed by atoms with E-state index < -0.39 is 12.1 Å².